The van der Waals surface area contributed by atoms with Crippen molar-refractivity contribution in [1.29, 1.82) is 0 Å². The zero-order valence-electron chi connectivity index (χ0n) is 15.2. The summed E-state index contributed by atoms with van der Waals surface area (Å²) < 4.78 is 10.8. The monoisotopic (exact) mass is 378 g/mol. The van der Waals surface area contributed by atoms with Crippen molar-refractivity contribution in [3.63, 3.8) is 0 Å². The predicted octanol–water partition coefficient (Wildman–Crippen LogP) is 3.68. The number of piperazine rings is 1. The van der Waals surface area contributed by atoms with Gasteiger partial charge in [-0.2, -0.15) is 0 Å². The number of hydrogen-bond donors (Lipinski definition) is 0. The fourth-order valence-electron chi connectivity index (χ4n) is 4.29. The topological polar surface area (TPSA) is 42.0 Å². The molecule has 1 aliphatic carbocycles. The second kappa shape index (κ2) is 8.05. The summed E-state index contributed by atoms with van der Waals surface area (Å²) in [6.45, 7) is 4.51. The van der Waals surface area contributed by atoms with Gasteiger partial charge in [-0.1, -0.05) is 30.9 Å². The molecule has 6 heteroatoms. The molecule has 4 rings (SSSR count). The van der Waals surface area contributed by atoms with E-state index in [0.717, 1.165) is 50.5 Å². The molecule has 0 unspecified atom stereocenters. The van der Waals surface area contributed by atoms with E-state index in [9.17, 15) is 4.79 Å². The Labute approximate surface area is 160 Å². The van der Waals surface area contributed by atoms with Gasteiger partial charge in [-0.3, -0.25) is 9.69 Å². The lowest BCUT2D eigenvalue weighted by Gasteiger charge is -2.35. The van der Waals surface area contributed by atoms with Crippen LogP contribution in [-0.2, 0) is 11.3 Å². The van der Waals surface area contributed by atoms with Crippen LogP contribution in [0.2, 0.25) is 5.02 Å². The Bertz CT molecular complexity index is 653. The summed E-state index contributed by atoms with van der Waals surface area (Å²) in [7, 11) is 0. The molecule has 1 saturated carbocycles. The van der Waals surface area contributed by atoms with Crippen molar-refractivity contribution >= 4 is 17.5 Å². The largest absolute Gasteiger partial charge is 0.454 e. The average Bonchev–Trinajstić information content (AvgIpc) is 3.12. The van der Waals surface area contributed by atoms with Crippen LogP contribution in [0.4, 0.5) is 0 Å². The SMILES string of the molecule is O=C(CC1CCCCC1)N1CCN(Cc2cc(Cl)c3c(c2)OCO3)CC1. The number of rotatable bonds is 4. The minimum absolute atomic E-state index is 0.236. The van der Waals surface area contributed by atoms with Gasteiger partial charge in [-0.05, 0) is 36.5 Å². The summed E-state index contributed by atoms with van der Waals surface area (Å²) in [6, 6.07) is 3.96. The van der Waals surface area contributed by atoms with Crippen LogP contribution in [0.25, 0.3) is 0 Å². The molecule has 0 aromatic heterocycles. The molecular formula is C20H27ClN2O3. The van der Waals surface area contributed by atoms with Crippen molar-refractivity contribution in [2.75, 3.05) is 33.0 Å². The Kier molecular flexibility index (Phi) is 5.55. The highest BCUT2D eigenvalue weighted by Gasteiger charge is 2.25. The number of ether oxygens (including phenoxy) is 2. The maximum atomic E-state index is 12.6. The average molecular weight is 379 g/mol. The Hall–Kier alpha value is -1.46. The van der Waals surface area contributed by atoms with Crippen LogP contribution < -0.4 is 9.47 Å². The van der Waals surface area contributed by atoms with Crippen LogP contribution in [0.3, 0.4) is 0 Å². The highest BCUT2D eigenvalue weighted by Crippen LogP contribution is 2.40. The molecule has 1 aromatic rings. The molecule has 3 aliphatic rings. The maximum Gasteiger partial charge on any atom is 0.231 e. The van der Waals surface area contributed by atoms with Gasteiger partial charge in [0.1, 0.15) is 0 Å². The molecule has 142 valence electrons. The van der Waals surface area contributed by atoms with Gasteiger partial charge >= 0.3 is 0 Å². The van der Waals surface area contributed by atoms with Crippen LogP contribution in [0.1, 0.15) is 44.1 Å². The van der Waals surface area contributed by atoms with E-state index in [0.29, 0.717) is 22.6 Å². The normalized spacial score (nSPS) is 21.2. The van der Waals surface area contributed by atoms with Crippen LogP contribution in [0.5, 0.6) is 11.5 Å². The van der Waals surface area contributed by atoms with Gasteiger partial charge in [-0.25, -0.2) is 0 Å². The van der Waals surface area contributed by atoms with Gasteiger partial charge in [0, 0.05) is 39.1 Å². The number of carbonyl (C=O) groups is 1. The summed E-state index contributed by atoms with van der Waals surface area (Å²) in [5.41, 5.74) is 1.13. The van der Waals surface area contributed by atoms with E-state index in [2.05, 4.69) is 9.80 Å². The number of benzene rings is 1. The van der Waals surface area contributed by atoms with Gasteiger partial charge in [0.05, 0.1) is 5.02 Å². The van der Waals surface area contributed by atoms with E-state index in [1.54, 1.807) is 0 Å². The van der Waals surface area contributed by atoms with Crippen molar-refractivity contribution in [2.45, 2.75) is 45.1 Å². The smallest absolute Gasteiger partial charge is 0.231 e. The second-order valence-corrected chi connectivity index (χ2v) is 8.08. The molecule has 2 fully saturated rings. The lowest BCUT2D eigenvalue weighted by atomic mass is 9.86. The van der Waals surface area contributed by atoms with E-state index in [1.165, 1.54) is 32.1 Å². The summed E-state index contributed by atoms with van der Waals surface area (Å²) in [5.74, 6) is 2.34. The molecule has 0 N–H and O–H groups in total. The number of hydrogen-bond acceptors (Lipinski definition) is 4. The van der Waals surface area contributed by atoms with Gasteiger partial charge < -0.3 is 14.4 Å². The predicted molar refractivity (Wildman–Crippen MR) is 101 cm³/mol. The highest BCUT2D eigenvalue weighted by molar-refractivity contribution is 6.32. The Morgan fingerprint density at radius 1 is 1.08 bits per heavy atom. The third-order valence-electron chi connectivity index (χ3n) is 5.81. The first-order chi connectivity index (χ1) is 12.7. The number of fused-ring (bicyclic) bond motifs is 1. The third-order valence-corrected chi connectivity index (χ3v) is 6.09. The number of nitrogens with zero attached hydrogens (tertiary/aromatic N) is 2. The van der Waals surface area contributed by atoms with E-state index in [-0.39, 0.29) is 6.79 Å². The highest BCUT2D eigenvalue weighted by atomic mass is 35.5. The van der Waals surface area contributed by atoms with Crippen molar-refractivity contribution < 1.29 is 14.3 Å². The van der Waals surface area contributed by atoms with Gasteiger partial charge in [-0.15, -0.1) is 0 Å². The molecule has 1 amide bonds. The molecule has 1 aromatic carbocycles. The zero-order valence-corrected chi connectivity index (χ0v) is 16.0. The molecule has 2 aliphatic heterocycles. The lowest BCUT2D eigenvalue weighted by Crippen LogP contribution is -2.48. The molecule has 0 radical (unpaired) electrons. The fourth-order valence-corrected chi connectivity index (χ4v) is 4.58. The summed E-state index contributed by atoms with van der Waals surface area (Å²) in [6.07, 6.45) is 7.14. The minimum Gasteiger partial charge on any atom is -0.454 e. The summed E-state index contributed by atoms with van der Waals surface area (Å²) in [5, 5.41) is 0.608. The van der Waals surface area contributed by atoms with Crippen molar-refractivity contribution in [3.05, 3.63) is 22.7 Å². The maximum absolute atomic E-state index is 12.6. The van der Waals surface area contributed by atoms with Crippen LogP contribution in [-0.4, -0.2) is 48.7 Å². The third kappa shape index (κ3) is 4.09. The van der Waals surface area contributed by atoms with Gasteiger partial charge in [0.2, 0.25) is 12.7 Å². The summed E-state index contributed by atoms with van der Waals surface area (Å²) >= 11 is 6.27. The number of amides is 1. The van der Waals surface area contributed by atoms with Crippen molar-refractivity contribution in [2.24, 2.45) is 5.92 Å². The lowest BCUT2D eigenvalue weighted by molar-refractivity contribution is -0.134. The fraction of sp³-hybridized carbons (Fsp3) is 0.650. The molecule has 0 atom stereocenters. The van der Waals surface area contributed by atoms with E-state index in [4.69, 9.17) is 21.1 Å². The van der Waals surface area contributed by atoms with Crippen LogP contribution in [0.15, 0.2) is 12.1 Å². The quantitative estimate of drug-likeness (QED) is 0.801. The summed E-state index contributed by atoms with van der Waals surface area (Å²) in [4.78, 5) is 17.0. The first kappa shape index (κ1) is 17.9. The van der Waals surface area contributed by atoms with Crippen LogP contribution >= 0.6 is 11.6 Å². The standard InChI is InChI=1S/C20H27ClN2O3/c21-17-10-16(11-18-20(17)26-14-25-18)13-22-6-8-23(9-7-22)19(24)12-15-4-2-1-3-5-15/h10-11,15H,1-9,12-14H2. The molecular weight excluding hydrogens is 352 g/mol. The van der Waals surface area contributed by atoms with Gasteiger partial charge in [0.15, 0.2) is 11.5 Å². The number of carbonyl (C=O) groups excluding carboxylic acids is 1. The Balaban J connectivity index is 1.27. The first-order valence-corrected chi connectivity index (χ1v) is 10.1. The van der Waals surface area contributed by atoms with Crippen molar-refractivity contribution in [1.82, 2.24) is 9.80 Å². The molecule has 5 nitrogen and oxygen atoms in total. The zero-order chi connectivity index (χ0) is 17.9. The van der Waals surface area contributed by atoms with E-state index in [1.807, 2.05) is 12.1 Å². The van der Waals surface area contributed by atoms with E-state index < -0.39 is 0 Å². The van der Waals surface area contributed by atoms with Crippen molar-refractivity contribution in [3.8, 4) is 11.5 Å². The van der Waals surface area contributed by atoms with Gasteiger partial charge in [0.25, 0.3) is 0 Å². The molecule has 2 heterocycles. The molecule has 1 saturated heterocycles. The molecule has 0 spiro atoms. The van der Waals surface area contributed by atoms with Crippen LogP contribution in [0, 0.1) is 5.92 Å². The van der Waals surface area contributed by atoms with E-state index >= 15 is 0 Å². The molecule has 0 bridgehead atoms. The first-order valence-electron chi connectivity index (χ1n) is 9.77. The second-order valence-electron chi connectivity index (χ2n) is 7.68. The minimum atomic E-state index is 0.236. The Morgan fingerprint density at radius 2 is 1.85 bits per heavy atom. The Morgan fingerprint density at radius 3 is 2.62 bits per heavy atom. The number of halogens is 1. The molecule has 26 heavy (non-hydrogen) atoms.